The molecule has 8 nitrogen and oxygen atoms in total. The van der Waals surface area contributed by atoms with Gasteiger partial charge in [0, 0.05) is 26.7 Å². The highest BCUT2D eigenvalue weighted by atomic mass is 19.3. The molecule has 162 valence electrons. The summed E-state index contributed by atoms with van der Waals surface area (Å²) in [5.41, 5.74) is 0.268. The number of amides is 1. The monoisotopic (exact) mass is 412 g/mol. The number of nitrogens with zero attached hydrogens (tertiary/aromatic N) is 6. The number of hydrogen-bond donors (Lipinski definition) is 0. The van der Waals surface area contributed by atoms with Crippen molar-refractivity contribution in [1.82, 2.24) is 24.6 Å². The van der Waals surface area contributed by atoms with Crippen LogP contribution in [0.1, 0.15) is 40.5 Å². The quantitative estimate of drug-likeness (QED) is 0.627. The summed E-state index contributed by atoms with van der Waals surface area (Å²) in [7, 11) is 1.85. The Morgan fingerprint density at radius 1 is 1.24 bits per heavy atom. The molecule has 29 heavy (non-hydrogen) atoms. The van der Waals surface area contributed by atoms with Gasteiger partial charge in [-0.3, -0.25) is 0 Å². The zero-order valence-corrected chi connectivity index (χ0v) is 17.7. The van der Waals surface area contributed by atoms with Crippen LogP contribution in [0, 0.1) is 0 Å². The van der Waals surface area contributed by atoms with Gasteiger partial charge in [0.2, 0.25) is 0 Å². The molecule has 10 heteroatoms. The van der Waals surface area contributed by atoms with Crippen LogP contribution in [0.2, 0.25) is 0 Å². The molecular formula is C19H30F2N6O2. The second-order valence-electron chi connectivity index (χ2n) is 7.90. The number of ether oxygens (including phenoxy) is 1. The minimum Gasteiger partial charge on any atom is -0.444 e. The number of halogens is 2. The Morgan fingerprint density at radius 2 is 1.97 bits per heavy atom. The molecule has 0 aromatic carbocycles. The number of anilines is 1. The van der Waals surface area contributed by atoms with Crippen LogP contribution >= 0.6 is 0 Å². The fraction of sp³-hybridized carbons (Fsp3) is 0.684. The lowest BCUT2D eigenvalue weighted by molar-refractivity contribution is 0.0249. The van der Waals surface area contributed by atoms with Crippen LogP contribution in [0.4, 0.5) is 19.4 Å². The molecule has 0 saturated heterocycles. The smallest absolute Gasteiger partial charge is 0.410 e. The van der Waals surface area contributed by atoms with E-state index in [9.17, 15) is 13.6 Å². The Hall–Kier alpha value is -2.52. The number of carbonyl (C=O) groups is 1. The van der Waals surface area contributed by atoms with E-state index in [4.69, 9.17) is 4.74 Å². The average Bonchev–Trinajstić information content (AvgIpc) is 3.01. The van der Waals surface area contributed by atoms with Crippen molar-refractivity contribution in [3.05, 3.63) is 12.4 Å². The normalized spacial score (nSPS) is 11.9. The molecule has 0 atom stereocenters. The Kier molecular flexibility index (Phi) is 7.69. The zero-order chi connectivity index (χ0) is 21.6. The van der Waals surface area contributed by atoms with Gasteiger partial charge >= 0.3 is 6.09 Å². The van der Waals surface area contributed by atoms with E-state index in [0.717, 1.165) is 11.1 Å². The van der Waals surface area contributed by atoms with Crippen molar-refractivity contribution in [3.8, 4) is 0 Å². The predicted octanol–water partition coefficient (Wildman–Crippen LogP) is 3.56. The second-order valence-corrected chi connectivity index (χ2v) is 7.90. The molecule has 1 amide bonds. The molecule has 0 spiro atoms. The van der Waals surface area contributed by atoms with E-state index in [1.54, 1.807) is 11.1 Å². The first-order valence-electron chi connectivity index (χ1n) is 9.76. The van der Waals surface area contributed by atoms with Crippen LogP contribution in [0.5, 0.6) is 0 Å². The van der Waals surface area contributed by atoms with Crippen molar-refractivity contribution >= 4 is 23.1 Å². The van der Waals surface area contributed by atoms with Crippen LogP contribution in [0.25, 0.3) is 11.2 Å². The number of carbonyl (C=O) groups excluding carboxylic acids is 1. The van der Waals surface area contributed by atoms with E-state index in [1.165, 1.54) is 6.20 Å². The molecule has 2 heterocycles. The fourth-order valence-electron chi connectivity index (χ4n) is 2.79. The average molecular weight is 412 g/mol. The highest BCUT2D eigenvalue weighted by molar-refractivity contribution is 5.71. The molecule has 0 aliphatic carbocycles. The molecule has 0 aliphatic rings. The van der Waals surface area contributed by atoms with Gasteiger partial charge in [0.15, 0.2) is 5.65 Å². The van der Waals surface area contributed by atoms with Gasteiger partial charge in [0.1, 0.15) is 23.5 Å². The van der Waals surface area contributed by atoms with Gasteiger partial charge in [-0.2, -0.15) is 5.10 Å². The molecule has 2 aromatic rings. The Bertz CT molecular complexity index is 806. The maximum absolute atomic E-state index is 12.7. The van der Waals surface area contributed by atoms with Crippen molar-refractivity contribution < 1.29 is 18.3 Å². The highest BCUT2D eigenvalue weighted by Crippen LogP contribution is 2.16. The molecule has 0 fully saturated rings. The van der Waals surface area contributed by atoms with E-state index >= 15 is 0 Å². The summed E-state index contributed by atoms with van der Waals surface area (Å²) in [6.07, 6.45) is 1.72. The summed E-state index contributed by atoms with van der Waals surface area (Å²) >= 11 is 0. The van der Waals surface area contributed by atoms with Crippen molar-refractivity contribution in [2.45, 2.75) is 59.1 Å². The van der Waals surface area contributed by atoms with Gasteiger partial charge in [0.05, 0.1) is 12.4 Å². The summed E-state index contributed by atoms with van der Waals surface area (Å²) in [6, 6.07) is 0. The summed E-state index contributed by atoms with van der Waals surface area (Å²) in [5.74, 6) is 0.563. The van der Waals surface area contributed by atoms with Gasteiger partial charge in [-0.15, -0.1) is 0 Å². The van der Waals surface area contributed by atoms with Crippen LogP contribution in [-0.2, 0) is 11.3 Å². The zero-order valence-electron chi connectivity index (χ0n) is 17.7. The van der Waals surface area contributed by atoms with E-state index in [-0.39, 0.29) is 6.09 Å². The first-order valence-corrected chi connectivity index (χ1v) is 9.76. The van der Waals surface area contributed by atoms with Crippen LogP contribution < -0.4 is 4.90 Å². The number of aromatic nitrogens is 4. The maximum Gasteiger partial charge on any atom is 0.410 e. The summed E-state index contributed by atoms with van der Waals surface area (Å²) < 4.78 is 32.0. The molecule has 0 radical (unpaired) electrons. The highest BCUT2D eigenvalue weighted by Gasteiger charge is 2.21. The maximum atomic E-state index is 12.7. The minimum atomic E-state index is -2.52. The molecule has 0 saturated carbocycles. The molecule has 2 rings (SSSR count). The molecule has 0 bridgehead atoms. The Balaban J connectivity index is 1.98. The van der Waals surface area contributed by atoms with Crippen LogP contribution in [0.15, 0.2) is 12.4 Å². The summed E-state index contributed by atoms with van der Waals surface area (Å²) in [6.45, 7) is 8.81. The van der Waals surface area contributed by atoms with Gasteiger partial charge < -0.3 is 14.5 Å². The Morgan fingerprint density at radius 3 is 2.59 bits per heavy atom. The lowest BCUT2D eigenvalue weighted by Crippen LogP contribution is -2.38. The second kappa shape index (κ2) is 9.80. The topological polar surface area (TPSA) is 76.4 Å². The van der Waals surface area contributed by atoms with Crippen molar-refractivity contribution in [3.63, 3.8) is 0 Å². The molecule has 0 unspecified atom stereocenters. The summed E-state index contributed by atoms with van der Waals surface area (Å²) in [5, 5.41) is 3.93. The van der Waals surface area contributed by atoms with E-state index in [1.807, 2.05) is 39.6 Å². The van der Waals surface area contributed by atoms with E-state index < -0.39 is 18.6 Å². The number of rotatable bonds is 9. The third-order valence-electron chi connectivity index (χ3n) is 4.10. The van der Waals surface area contributed by atoms with Gasteiger partial charge in [0.25, 0.3) is 6.43 Å². The third-order valence-corrected chi connectivity index (χ3v) is 4.10. The predicted molar refractivity (Wildman–Crippen MR) is 107 cm³/mol. The SMILES string of the molecule is CCCN(CCCN(C)c1cnc2cnn(CC(F)F)c2n1)C(=O)OC(C)(C)C. The van der Waals surface area contributed by atoms with Crippen molar-refractivity contribution in [2.75, 3.05) is 31.6 Å². The largest absolute Gasteiger partial charge is 0.444 e. The first-order chi connectivity index (χ1) is 13.6. The minimum absolute atomic E-state index is 0.320. The van der Waals surface area contributed by atoms with E-state index in [0.29, 0.717) is 43.0 Å². The lowest BCUT2D eigenvalue weighted by atomic mass is 10.2. The first kappa shape index (κ1) is 22.8. The van der Waals surface area contributed by atoms with Crippen molar-refractivity contribution in [2.24, 2.45) is 0 Å². The summed E-state index contributed by atoms with van der Waals surface area (Å²) in [4.78, 5) is 24.6. The van der Waals surface area contributed by atoms with Crippen LogP contribution in [0.3, 0.4) is 0 Å². The Labute approximate surface area is 169 Å². The standard InChI is InChI=1S/C19H30F2N6O2/c1-6-8-26(18(28)29-19(2,3)4)10-7-9-25(5)16-12-22-14-11-23-27(13-15(20)21)17(14)24-16/h11-12,15H,6-10,13H2,1-5H3. The molecule has 0 aliphatic heterocycles. The van der Waals surface area contributed by atoms with Crippen molar-refractivity contribution in [1.29, 1.82) is 0 Å². The lowest BCUT2D eigenvalue weighted by Gasteiger charge is -2.28. The fourth-order valence-corrected chi connectivity index (χ4v) is 2.79. The van der Waals surface area contributed by atoms with Gasteiger partial charge in [-0.25, -0.2) is 28.2 Å². The molecule has 2 aromatic heterocycles. The number of alkyl halides is 2. The van der Waals surface area contributed by atoms with Crippen LogP contribution in [-0.4, -0.2) is 69.5 Å². The van der Waals surface area contributed by atoms with E-state index in [2.05, 4.69) is 15.1 Å². The molecular weight excluding hydrogens is 382 g/mol. The van der Waals surface area contributed by atoms with Gasteiger partial charge in [-0.1, -0.05) is 6.92 Å². The molecule has 0 N–H and O–H groups in total. The van der Waals surface area contributed by atoms with Gasteiger partial charge in [-0.05, 0) is 33.6 Å². The number of hydrogen-bond acceptors (Lipinski definition) is 6. The number of fused-ring (bicyclic) bond motifs is 1. The third kappa shape index (κ3) is 6.79.